The van der Waals surface area contributed by atoms with Gasteiger partial charge in [-0.3, -0.25) is 0 Å². The molecular formula is C13H15N5. The summed E-state index contributed by atoms with van der Waals surface area (Å²) in [6, 6.07) is 7.78. The van der Waals surface area contributed by atoms with Gasteiger partial charge in [-0.25, -0.2) is 9.66 Å². The normalized spacial score (nSPS) is 15.8. The lowest BCUT2D eigenvalue weighted by Crippen LogP contribution is -2.39. The zero-order valence-corrected chi connectivity index (χ0v) is 10.1. The Balaban J connectivity index is 2.17. The molecule has 1 saturated heterocycles. The van der Waals surface area contributed by atoms with E-state index in [-0.39, 0.29) is 0 Å². The molecule has 3 rings (SSSR count). The zero-order valence-electron chi connectivity index (χ0n) is 10.1. The van der Waals surface area contributed by atoms with Crippen LogP contribution in [0.4, 0.5) is 5.95 Å². The van der Waals surface area contributed by atoms with Crippen molar-refractivity contribution in [2.45, 2.75) is 19.3 Å². The van der Waals surface area contributed by atoms with Crippen LogP contribution in [-0.4, -0.2) is 22.7 Å². The molecule has 0 amide bonds. The number of nitrogens with zero attached hydrogens (tertiary/aromatic N) is 4. The van der Waals surface area contributed by atoms with E-state index in [1.54, 1.807) is 6.07 Å². The minimum absolute atomic E-state index is 0.467. The van der Waals surface area contributed by atoms with Crippen molar-refractivity contribution in [1.29, 1.82) is 5.26 Å². The van der Waals surface area contributed by atoms with Crippen molar-refractivity contribution in [2.75, 3.05) is 23.8 Å². The van der Waals surface area contributed by atoms with Gasteiger partial charge in [0.1, 0.15) is 11.6 Å². The number of fused-ring (bicyclic) bond motifs is 1. The number of benzene rings is 1. The van der Waals surface area contributed by atoms with E-state index in [1.165, 1.54) is 19.3 Å². The molecule has 2 N–H and O–H groups in total. The molecule has 5 nitrogen and oxygen atoms in total. The van der Waals surface area contributed by atoms with Crippen LogP contribution in [-0.2, 0) is 0 Å². The Morgan fingerprint density at radius 3 is 2.72 bits per heavy atom. The number of hydrogen-bond donors (Lipinski definition) is 1. The van der Waals surface area contributed by atoms with Gasteiger partial charge in [-0.1, -0.05) is 6.07 Å². The monoisotopic (exact) mass is 241 g/mol. The van der Waals surface area contributed by atoms with Crippen LogP contribution in [0.5, 0.6) is 0 Å². The Morgan fingerprint density at radius 2 is 2.00 bits per heavy atom. The summed E-state index contributed by atoms with van der Waals surface area (Å²) in [6.07, 6.45) is 3.63. The van der Waals surface area contributed by atoms with Crippen LogP contribution >= 0.6 is 0 Å². The van der Waals surface area contributed by atoms with E-state index >= 15 is 0 Å². The van der Waals surface area contributed by atoms with Crippen LogP contribution in [0.2, 0.25) is 0 Å². The summed E-state index contributed by atoms with van der Waals surface area (Å²) in [5, 5.41) is 11.3. The maximum Gasteiger partial charge on any atom is 0.220 e. The first-order chi connectivity index (χ1) is 8.81. The Bertz CT molecular complexity index is 616. The van der Waals surface area contributed by atoms with Gasteiger partial charge in [-0.15, -0.1) is 0 Å². The van der Waals surface area contributed by atoms with Crippen molar-refractivity contribution >= 4 is 17.0 Å². The summed E-state index contributed by atoms with van der Waals surface area (Å²) in [5.41, 5.74) is 8.21. The molecule has 2 aromatic rings. The molecular weight excluding hydrogens is 226 g/mol. The number of hydrogen-bond acceptors (Lipinski definition) is 4. The quantitative estimate of drug-likeness (QED) is 0.823. The summed E-state index contributed by atoms with van der Waals surface area (Å²) >= 11 is 0. The van der Waals surface area contributed by atoms with Crippen LogP contribution < -0.4 is 10.7 Å². The predicted molar refractivity (Wildman–Crippen MR) is 70.7 cm³/mol. The smallest absolute Gasteiger partial charge is 0.220 e. The molecule has 1 aromatic carbocycles. The molecule has 2 heterocycles. The SMILES string of the molecule is N#Cc1cccc2c1nc(N)n2N1CCCCC1. The van der Waals surface area contributed by atoms with Gasteiger partial charge >= 0.3 is 0 Å². The number of para-hydroxylation sites is 1. The second-order valence-corrected chi connectivity index (χ2v) is 4.58. The Labute approximate surface area is 105 Å². The molecule has 92 valence electrons. The van der Waals surface area contributed by atoms with Crippen molar-refractivity contribution in [3.05, 3.63) is 23.8 Å². The largest absolute Gasteiger partial charge is 0.368 e. The molecule has 0 saturated carbocycles. The highest BCUT2D eigenvalue weighted by Gasteiger charge is 2.18. The van der Waals surface area contributed by atoms with Crippen LogP contribution in [0, 0.1) is 11.3 Å². The number of nitriles is 1. The van der Waals surface area contributed by atoms with E-state index in [4.69, 9.17) is 11.0 Å². The van der Waals surface area contributed by atoms with E-state index in [0.717, 1.165) is 18.6 Å². The molecule has 0 aliphatic carbocycles. The van der Waals surface area contributed by atoms with Gasteiger partial charge in [0.15, 0.2) is 0 Å². The highest BCUT2D eigenvalue weighted by Crippen LogP contribution is 2.22. The lowest BCUT2D eigenvalue weighted by atomic mass is 10.2. The fraction of sp³-hybridized carbons (Fsp3) is 0.385. The van der Waals surface area contributed by atoms with Gasteiger partial charge in [-0.05, 0) is 31.4 Å². The molecule has 1 aliphatic rings. The van der Waals surface area contributed by atoms with Crippen molar-refractivity contribution in [1.82, 2.24) is 9.66 Å². The molecule has 0 unspecified atom stereocenters. The van der Waals surface area contributed by atoms with Crippen molar-refractivity contribution < 1.29 is 0 Å². The number of piperidine rings is 1. The average Bonchev–Trinajstić information content (AvgIpc) is 2.75. The van der Waals surface area contributed by atoms with E-state index in [0.29, 0.717) is 17.0 Å². The third-order valence-electron chi connectivity index (χ3n) is 3.42. The van der Waals surface area contributed by atoms with Gasteiger partial charge in [0.25, 0.3) is 0 Å². The molecule has 5 heteroatoms. The predicted octanol–water partition coefficient (Wildman–Crippen LogP) is 1.61. The second kappa shape index (κ2) is 4.22. The molecule has 0 bridgehead atoms. The summed E-state index contributed by atoms with van der Waals surface area (Å²) in [4.78, 5) is 4.34. The lowest BCUT2D eigenvalue weighted by molar-refractivity contribution is 0.489. The fourth-order valence-electron chi connectivity index (χ4n) is 2.57. The lowest BCUT2D eigenvalue weighted by Gasteiger charge is -2.30. The number of rotatable bonds is 1. The number of aromatic nitrogens is 2. The Hall–Kier alpha value is -2.22. The first-order valence-electron chi connectivity index (χ1n) is 6.23. The number of nitrogens with two attached hydrogens (primary N) is 1. The summed E-state index contributed by atoms with van der Waals surface area (Å²) in [6.45, 7) is 1.99. The van der Waals surface area contributed by atoms with E-state index < -0.39 is 0 Å². The summed E-state index contributed by atoms with van der Waals surface area (Å²) in [5.74, 6) is 0.467. The van der Waals surface area contributed by atoms with Crippen LogP contribution in [0.3, 0.4) is 0 Å². The van der Waals surface area contributed by atoms with Gasteiger partial charge in [0.05, 0.1) is 11.1 Å². The highest BCUT2D eigenvalue weighted by atomic mass is 15.6. The van der Waals surface area contributed by atoms with Crippen molar-refractivity contribution in [3.8, 4) is 6.07 Å². The molecule has 0 spiro atoms. The van der Waals surface area contributed by atoms with Crippen molar-refractivity contribution in [3.63, 3.8) is 0 Å². The number of anilines is 1. The van der Waals surface area contributed by atoms with Gasteiger partial charge in [0, 0.05) is 13.1 Å². The Morgan fingerprint density at radius 1 is 1.22 bits per heavy atom. The standard InChI is InChI=1S/C13H15N5/c14-9-10-5-4-6-11-12(10)16-13(15)18(11)17-7-2-1-3-8-17/h4-6H,1-3,7-8H2,(H2,15,16). The second-order valence-electron chi connectivity index (χ2n) is 4.58. The topological polar surface area (TPSA) is 70.9 Å². The first kappa shape index (κ1) is 10.9. The third kappa shape index (κ3) is 1.58. The number of imidazole rings is 1. The Kier molecular flexibility index (Phi) is 2.56. The van der Waals surface area contributed by atoms with Crippen LogP contribution in [0.25, 0.3) is 11.0 Å². The molecule has 18 heavy (non-hydrogen) atoms. The van der Waals surface area contributed by atoms with E-state index in [9.17, 15) is 0 Å². The minimum atomic E-state index is 0.467. The molecule has 0 radical (unpaired) electrons. The van der Waals surface area contributed by atoms with Gasteiger partial charge in [0.2, 0.25) is 5.95 Å². The zero-order chi connectivity index (χ0) is 12.5. The number of nitrogen functional groups attached to an aromatic ring is 1. The maximum absolute atomic E-state index is 9.09. The molecule has 0 atom stereocenters. The third-order valence-corrected chi connectivity index (χ3v) is 3.42. The van der Waals surface area contributed by atoms with Crippen LogP contribution in [0.1, 0.15) is 24.8 Å². The average molecular weight is 241 g/mol. The first-order valence-corrected chi connectivity index (χ1v) is 6.23. The highest BCUT2D eigenvalue weighted by molar-refractivity contribution is 5.84. The molecule has 1 aromatic heterocycles. The van der Waals surface area contributed by atoms with E-state index in [1.807, 2.05) is 16.8 Å². The van der Waals surface area contributed by atoms with E-state index in [2.05, 4.69) is 16.1 Å². The minimum Gasteiger partial charge on any atom is -0.368 e. The summed E-state index contributed by atoms with van der Waals surface area (Å²) in [7, 11) is 0. The molecule has 1 aliphatic heterocycles. The summed E-state index contributed by atoms with van der Waals surface area (Å²) < 4.78 is 1.95. The van der Waals surface area contributed by atoms with Gasteiger partial charge in [-0.2, -0.15) is 5.26 Å². The van der Waals surface area contributed by atoms with Crippen molar-refractivity contribution in [2.24, 2.45) is 0 Å². The van der Waals surface area contributed by atoms with Gasteiger partial charge < -0.3 is 10.7 Å². The van der Waals surface area contributed by atoms with Crippen LogP contribution in [0.15, 0.2) is 18.2 Å². The fourth-order valence-corrected chi connectivity index (χ4v) is 2.57. The maximum atomic E-state index is 9.09. The molecule has 1 fully saturated rings.